The van der Waals surface area contributed by atoms with Gasteiger partial charge in [0, 0.05) is 19.7 Å². The molecule has 0 aliphatic carbocycles. The highest BCUT2D eigenvalue weighted by atomic mass is 16.6. The molecule has 19 heavy (non-hydrogen) atoms. The molecule has 1 saturated heterocycles. The predicted octanol–water partition coefficient (Wildman–Crippen LogP) is 1.75. The van der Waals surface area contributed by atoms with Gasteiger partial charge in [0.1, 0.15) is 6.10 Å². The highest BCUT2D eigenvalue weighted by molar-refractivity contribution is 5.67. The van der Waals surface area contributed by atoms with E-state index in [0.29, 0.717) is 13.0 Å². The maximum absolute atomic E-state index is 11.7. The second-order valence-electron chi connectivity index (χ2n) is 5.16. The van der Waals surface area contributed by atoms with Crippen molar-refractivity contribution in [3.63, 3.8) is 0 Å². The van der Waals surface area contributed by atoms with Crippen molar-refractivity contribution in [2.45, 2.75) is 51.6 Å². The van der Waals surface area contributed by atoms with Crippen LogP contribution in [0.3, 0.4) is 0 Å². The van der Waals surface area contributed by atoms with E-state index < -0.39 is 0 Å². The zero-order valence-electron chi connectivity index (χ0n) is 12.1. The van der Waals surface area contributed by atoms with Crippen molar-refractivity contribution in [3.05, 3.63) is 0 Å². The van der Waals surface area contributed by atoms with Crippen molar-refractivity contribution in [1.29, 1.82) is 0 Å². The van der Waals surface area contributed by atoms with Gasteiger partial charge in [-0.2, -0.15) is 0 Å². The number of hydrogen-bond donors (Lipinski definition) is 2. The van der Waals surface area contributed by atoms with E-state index in [0.717, 1.165) is 38.9 Å². The van der Waals surface area contributed by atoms with E-state index in [1.54, 1.807) is 0 Å². The Labute approximate surface area is 116 Å². The van der Waals surface area contributed by atoms with E-state index >= 15 is 0 Å². The molecule has 1 atom stereocenters. The number of carbonyl (C=O) groups excluding carboxylic acids is 1. The molecular formula is C14H28N2O3. The average molecular weight is 272 g/mol. The summed E-state index contributed by atoms with van der Waals surface area (Å²) in [4.78, 5) is 14.0. The highest BCUT2D eigenvalue weighted by Gasteiger charge is 2.14. The van der Waals surface area contributed by atoms with E-state index in [4.69, 9.17) is 9.84 Å². The van der Waals surface area contributed by atoms with Crippen LogP contribution < -0.4 is 5.32 Å². The van der Waals surface area contributed by atoms with Gasteiger partial charge in [0.15, 0.2) is 0 Å². The summed E-state index contributed by atoms with van der Waals surface area (Å²) in [5.74, 6) is 0. The number of alkyl carbamates (subject to hydrolysis) is 1. The number of nitrogens with one attached hydrogen (secondary N) is 1. The molecule has 1 rings (SSSR count). The van der Waals surface area contributed by atoms with Crippen LogP contribution in [0.25, 0.3) is 0 Å². The second kappa shape index (κ2) is 10.0. The molecule has 0 radical (unpaired) electrons. The minimum Gasteiger partial charge on any atom is -0.446 e. The van der Waals surface area contributed by atoms with Gasteiger partial charge in [-0.05, 0) is 45.2 Å². The Kier molecular flexibility index (Phi) is 8.58. The molecule has 1 amide bonds. The second-order valence-corrected chi connectivity index (χ2v) is 5.16. The van der Waals surface area contributed by atoms with Gasteiger partial charge in [-0.25, -0.2) is 4.79 Å². The first-order valence-corrected chi connectivity index (χ1v) is 7.54. The fraction of sp³-hybridized carbons (Fsp3) is 0.929. The summed E-state index contributed by atoms with van der Waals surface area (Å²) in [5.41, 5.74) is 0. The minimum absolute atomic E-state index is 0.0658. The van der Waals surface area contributed by atoms with E-state index in [1.165, 1.54) is 12.8 Å². The average Bonchev–Trinajstić information content (AvgIpc) is 2.89. The maximum Gasteiger partial charge on any atom is 0.407 e. The fourth-order valence-electron chi connectivity index (χ4n) is 2.42. The van der Waals surface area contributed by atoms with Gasteiger partial charge in [-0.3, -0.25) is 0 Å². The van der Waals surface area contributed by atoms with Crippen LogP contribution in [-0.4, -0.2) is 55.0 Å². The molecule has 1 heterocycles. The van der Waals surface area contributed by atoms with Crippen LogP contribution in [0.4, 0.5) is 4.79 Å². The van der Waals surface area contributed by atoms with Crippen molar-refractivity contribution < 1.29 is 14.6 Å². The summed E-state index contributed by atoms with van der Waals surface area (Å²) in [6.45, 7) is 6.07. The van der Waals surface area contributed by atoms with E-state index in [-0.39, 0.29) is 18.8 Å². The summed E-state index contributed by atoms with van der Waals surface area (Å²) >= 11 is 0. The van der Waals surface area contributed by atoms with Crippen molar-refractivity contribution in [3.8, 4) is 0 Å². The number of rotatable bonds is 9. The predicted molar refractivity (Wildman–Crippen MR) is 75.2 cm³/mol. The quantitative estimate of drug-likeness (QED) is 0.671. The monoisotopic (exact) mass is 272 g/mol. The van der Waals surface area contributed by atoms with Crippen molar-refractivity contribution in [1.82, 2.24) is 10.2 Å². The Morgan fingerprint density at radius 2 is 2.11 bits per heavy atom. The van der Waals surface area contributed by atoms with Crippen LogP contribution in [0.2, 0.25) is 0 Å². The minimum atomic E-state index is -0.324. The summed E-state index contributed by atoms with van der Waals surface area (Å²) in [6.07, 6.45) is 5.42. The number of aliphatic hydroxyl groups is 1. The first kappa shape index (κ1) is 16.2. The zero-order chi connectivity index (χ0) is 13.9. The lowest BCUT2D eigenvalue weighted by Gasteiger charge is -2.18. The fourth-order valence-corrected chi connectivity index (χ4v) is 2.42. The highest BCUT2D eigenvalue weighted by Crippen LogP contribution is 2.09. The number of nitrogens with zero attached hydrogens (tertiary/aromatic N) is 1. The molecule has 0 aromatic rings. The number of hydrogen-bond acceptors (Lipinski definition) is 4. The van der Waals surface area contributed by atoms with Crippen LogP contribution in [0.15, 0.2) is 0 Å². The Bertz CT molecular complexity index is 243. The Morgan fingerprint density at radius 1 is 1.37 bits per heavy atom. The van der Waals surface area contributed by atoms with Gasteiger partial charge in [-0.15, -0.1) is 0 Å². The van der Waals surface area contributed by atoms with E-state index in [9.17, 15) is 4.79 Å². The van der Waals surface area contributed by atoms with Crippen LogP contribution >= 0.6 is 0 Å². The summed E-state index contributed by atoms with van der Waals surface area (Å²) < 4.78 is 5.38. The molecule has 0 saturated carbocycles. The first-order valence-electron chi connectivity index (χ1n) is 7.54. The third-order valence-corrected chi connectivity index (χ3v) is 3.46. The van der Waals surface area contributed by atoms with Crippen LogP contribution in [0, 0.1) is 0 Å². The molecule has 0 bridgehead atoms. The third kappa shape index (κ3) is 7.38. The maximum atomic E-state index is 11.7. The lowest BCUT2D eigenvalue weighted by Crippen LogP contribution is -2.35. The molecule has 5 heteroatoms. The van der Waals surface area contributed by atoms with Gasteiger partial charge in [0.2, 0.25) is 0 Å². The zero-order valence-corrected chi connectivity index (χ0v) is 12.1. The number of carbonyl (C=O) groups is 1. The van der Waals surface area contributed by atoms with E-state index in [1.807, 2.05) is 0 Å². The van der Waals surface area contributed by atoms with Crippen LogP contribution in [0.1, 0.15) is 45.4 Å². The molecule has 112 valence electrons. The largest absolute Gasteiger partial charge is 0.446 e. The van der Waals surface area contributed by atoms with Crippen molar-refractivity contribution >= 4 is 6.09 Å². The number of ether oxygens (including phenoxy) is 1. The topological polar surface area (TPSA) is 61.8 Å². The lowest BCUT2D eigenvalue weighted by molar-refractivity contribution is 0.0816. The van der Waals surface area contributed by atoms with Crippen LogP contribution in [0.5, 0.6) is 0 Å². The molecule has 0 aromatic carbocycles. The molecule has 2 N–H and O–H groups in total. The number of amides is 1. The van der Waals surface area contributed by atoms with Gasteiger partial charge in [0.25, 0.3) is 0 Å². The normalized spacial score (nSPS) is 17.4. The third-order valence-electron chi connectivity index (χ3n) is 3.46. The van der Waals surface area contributed by atoms with Gasteiger partial charge in [0.05, 0.1) is 0 Å². The molecule has 0 spiro atoms. The van der Waals surface area contributed by atoms with Gasteiger partial charge < -0.3 is 20.1 Å². The summed E-state index contributed by atoms with van der Waals surface area (Å²) in [5, 5.41) is 11.6. The summed E-state index contributed by atoms with van der Waals surface area (Å²) in [6, 6.07) is 0. The molecule has 5 nitrogen and oxygen atoms in total. The Balaban J connectivity index is 2.12. The van der Waals surface area contributed by atoms with Gasteiger partial charge in [-0.1, -0.05) is 13.3 Å². The summed E-state index contributed by atoms with van der Waals surface area (Å²) in [7, 11) is 0. The molecule has 1 unspecified atom stereocenters. The smallest absolute Gasteiger partial charge is 0.407 e. The molecule has 0 aromatic heterocycles. The molecule has 1 fully saturated rings. The number of aliphatic hydroxyl groups excluding tert-OH is 1. The molecule has 1 aliphatic heterocycles. The van der Waals surface area contributed by atoms with Crippen molar-refractivity contribution in [2.75, 3.05) is 32.8 Å². The Hall–Kier alpha value is -0.810. The molecule has 1 aliphatic rings. The lowest BCUT2D eigenvalue weighted by atomic mass is 10.1. The Morgan fingerprint density at radius 3 is 2.74 bits per heavy atom. The van der Waals surface area contributed by atoms with Gasteiger partial charge >= 0.3 is 6.09 Å². The first-order chi connectivity index (χ1) is 9.26. The number of likely N-dealkylation sites (tertiary alicyclic amines) is 1. The standard InChI is InChI=1S/C14H28N2O3/c1-2-6-13(7-5-12-17)19-14(18)15-8-11-16-9-3-4-10-16/h13,17H,2-12H2,1H3,(H,15,18). The van der Waals surface area contributed by atoms with Crippen molar-refractivity contribution in [2.24, 2.45) is 0 Å². The van der Waals surface area contributed by atoms with Crippen LogP contribution in [-0.2, 0) is 4.74 Å². The molecular weight excluding hydrogens is 244 g/mol. The van der Waals surface area contributed by atoms with E-state index in [2.05, 4.69) is 17.1 Å². The SMILES string of the molecule is CCCC(CCCO)OC(=O)NCCN1CCCC1.